The molecule has 0 fully saturated rings. The minimum Gasteiger partial charge on any atom is -0.207 e. The number of hydrogen-bond donors (Lipinski definition) is 1. The van der Waals surface area contributed by atoms with E-state index in [1.807, 2.05) is 6.08 Å². The molecule has 5 heteroatoms. The lowest BCUT2D eigenvalue weighted by molar-refractivity contribution is 0.496. The Morgan fingerprint density at radius 2 is 2.00 bits per heavy atom. The summed E-state index contributed by atoms with van der Waals surface area (Å²) in [5.74, 6) is 0. The molecule has 1 rings (SSSR count). The average molecular weight is 245 g/mol. The zero-order valence-electron chi connectivity index (χ0n) is 9.07. The predicted molar refractivity (Wildman–Crippen MR) is 66.2 cm³/mol. The summed E-state index contributed by atoms with van der Waals surface area (Å²) in [6.07, 6.45) is 5.62. The van der Waals surface area contributed by atoms with Crippen molar-refractivity contribution < 1.29 is 8.42 Å². The van der Waals surface area contributed by atoms with E-state index in [0.29, 0.717) is 11.3 Å². The minimum atomic E-state index is -3.47. The molecule has 0 saturated heterocycles. The van der Waals surface area contributed by atoms with Gasteiger partial charge in [-0.1, -0.05) is 24.4 Å². The quantitative estimate of drug-likeness (QED) is 0.756. The Labute approximate surface area is 96.3 Å². The van der Waals surface area contributed by atoms with Crippen LogP contribution >= 0.6 is 12.2 Å². The van der Waals surface area contributed by atoms with Crippen molar-refractivity contribution in [2.75, 3.05) is 0 Å². The molecule has 0 amide bonds. The van der Waals surface area contributed by atoms with Gasteiger partial charge < -0.3 is 0 Å². The normalized spacial score (nSPS) is 17.8. The third kappa shape index (κ3) is 3.52. The first-order chi connectivity index (χ1) is 6.72. The molecule has 1 N–H and O–H groups in total. The highest BCUT2D eigenvalue weighted by Crippen LogP contribution is 2.17. The summed E-state index contributed by atoms with van der Waals surface area (Å²) in [4.78, 5) is 0.684. The van der Waals surface area contributed by atoms with Crippen molar-refractivity contribution >= 4 is 27.1 Å². The van der Waals surface area contributed by atoms with Gasteiger partial charge in [-0.25, -0.2) is 13.1 Å². The second-order valence-corrected chi connectivity index (χ2v) is 6.59. The molecule has 0 aromatic rings. The fourth-order valence-corrected chi connectivity index (χ4v) is 3.27. The van der Waals surface area contributed by atoms with Crippen LogP contribution in [0, 0.1) is 0 Å². The maximum Gasteiger partial charge on any atom is 0.242 e. The van der Waals surface area contributed by atoms with E-state index in [4.69, 9.17) is 12.2 Å². The summed E-state index contributed by atoms with van der Waals surface area (Å²) in [6.45, 7) is 5.40. The molecular weight excluding hydrogens is 230 g/mol. The maximum atomic E-state index is 11.9. The summed E-state index contributed by atoms with van der Waals surface area (Å²) in [5, 5.41) is 0. The van der Waals surface area contributed by atoms with Crippen LogP contribution in [-0.2, 0) is 10.0 Å². The zero-order valence-corrected chi connectivity index (χ0v) is 10.7. The van der Waals surface area contributed by atoms with Crippen LogP contribution < -0.4 is 4.72 Å². The first-order valence-electron chi connectivity index (χ1n) is 4.66. The van der Waals surface area contributed by atoms with Gasteiger partial charge in [-0.2, -0.15) is 0 Å². The van der Waals surface area contributed by atoms with Crippen LogP contribution in [0.4, 0.5) is 0 Å². The van der Waals surface area contributed by atoms with E-state index in [0.717, 1.165) is 0 Å². The topological polar surface area (TPSA) is 46.2 Å². The van der Waals surface area contributed by atoms with Gasteiger partial charge in [-0.05, 0) is 26.8 Å². The number of nitrogens with one attached hydrogen (secondary N) is 1. The highest BCUT2D eigenvalue weighted by molar-refractivity contribution is 7.96. The minimum absolute atomic E-state index is 0.218. The van der Waals surface area contributed by atoms with E-state index in [-0.39, 0.29) is 4.91 Å². The largest absolute Gasteiger partial charge is 0.242 e. The molecule has 84 valence electrons. The van der Waals surface area contributed by atoms with Crippen LogP contribution in [0.5, 0.6) is 0 Å². The lowest BCUT2D eigenvalue weighted by Crippen LogP contribution is -2.42. The number of rotatable bonds is 2. The van der Waals surface area contributed by atoms with Crippen molar-refractivity contribution in [1.29, 1.82) is 0 Å². The summed E-state index contributed by atoms with van der Waals surface area (Å²) in [6, 6.07) is 0. The molecule has 3 nitrogen and oxygen atoms in total. The Hall–Kier alpha value is -0.520. The van der Waals surface area contributed by atoms with Crippen LogP contribution in [0.25, 0.3) is 0 Å². The van der Waals surface area contributed by atoms with Crippen LogP contribution in [0.15, 0.2) is 23.1 Å². The molecule has 0 aromatic carbocycles. The third-order valence-electron chi connectivity index (χ3n) is 1.69. The SMILES string of the molecule is CC(C)(C)NS(=O)(=O)C1=CC=CCC1=S. The van der Waals surface area contributed by atoms with Crippen LogP contribution in [-0.4, -0.2) is 18.8 Å². The smallest absolute Gasteiger partial charge is 0.207 e. The Bertz CT molecular complexity index is 425. The monoisotopic (exact) mass is 245 g/mol. The second-order valence-electron chi connectivity index (χ2n) is 4.44. The highest BCUT2D eigenvalue weighted by atomic mass is 32.2. The Balaban J connectivity index is 3.02. The van der Waals surface area contributed by atoms with E-state index in [1.54, 1.807) is 32.9 Å². The fourth-order valence-electron chi connectivity index (χ4n) is 1.22. The van der Waals surface area contributed by atoms with Gasteiger partial charge in [-0.3, -0.25) is 0 Å². The number of thiocarbonyl (C=S) groups is 1. The van der Waals surface area contributed by atoms with Gasteiger partial charge in [0.05, 0.1) is 4.91 Å². The van der Waals surface area contributed by atoms with Gasteiger partial charge in [0.15, 0.2) is 0 Å². The van der Waals surface area contributed by atoms with Crippen molar-refractivity contribution in [2.24, 2.45) is 0 Å². The molecular formula is C10H15NO2S2. The molecule has 0 spiro atoms. The van der Waals surface area contributed by atoms with Crippen molar-refractivity contribution in [3.8, 4) is 0 Å². The van der Waals surface area contributed by atoms with Gasteiger partial charge in [0.2, 0.25) is 10.0 Å². The van der Waals surface area contributed by atoms with Gasteiger partial charge in [0.25, 0.3) is 0 Å². The van der Waals surface area contributed by atoms with E-state index >= 15 is 0 Å². The van der Waals surface area contributed by atoms with E-state index in [1.165, 1.54) is 0 Å². The lowest BCUT2D eigenvalue weighted by atomic mass is 10.1. The average Bonchev–Trinajstić information content (AvgIpc) is 1.99. The standard InChI is InChI=1S/C10H15NO2S2/c1-10(2,3)11-15(12,13)9-7-5-4-6-8(9)14/h4-5,7,11H,6H2,1-3H3. The second kappa shape index (κ2) is 4.15. The van der Waals surface area contributed by atoms with Gasteiger partial charge in [0.1, 0.15) is 0 Å². The molecule has 0 heterocycles. The zero-order chi connectivity index (χ0) is 11.7. The van der Waals surface area contributed by atoms with E-state index in [9.17, 15) is 8.42 Å². The van der Waals surface area contributed by atoms with Crippen LogP contribution in [0.3, 0.4) is 0 Å². The highest BCUT2D eigenvalue weighted by Gasteiger charge is 2.26. The molecule has 1 aliphatic rings. The summed E-state index contributed by atoms with van der Waals surface area (Å²) < 4.78 is 26.4. The van der Waals surface area contributed by atoms with Crippen LogP contribution in [0.2, 0.25) is 0 Å². The molecule has 0 unspecified atom stereocenters. The molecule has 0 aromatic heterocycles. The van der Waals surface area contributed by atoms with Gasteiger partial charge in [-0.15, -0.1) is 0 Å². The Morgan fingerprint density at radius 1 is 1.40 bits per heavy atom. The lowest BCUT2D eigenvalue weighted by Gasteiger charge is -2.22. The summed E-state index contributed by atoms with van der Waals surface area (Å²) >= 11 is 5.03. The van der Waals surface area contributed by atoms with Crippen LogP contribution in [0.1, 0.15) is 27.2 Å². The summed E-state index contributed by atoms with van der Waals surface area (Å²) in [7, 11) is -3.47. The Kier molecular flexibility index (Phi) is 3.48. The first kappa shape index (κ1) is 12.5. The van der Waals surface area contributed by atoms with Crippen molar-refractivity contribution in [1.82, 2.24) is 4.72 Å². The Morgan fingerprint density at radius 3 is 2.47 bits per heavy atom. The first-order valence-corrected chi connectivity index (χ1v) is 6.55. The van der Waals surface area contributed by atoms with Crippen molar-refractivity contribution in [3.05, 3.63) is 23.1 Å². The van der Waals surface area contributed by atoms with Gasteiger partial charge >= 0.3 is 0 Å². The van der Waals surface area contributed by atoms with E-state index < -0.39 is 15.6 Å². The molecule has 15 heavy (non-hydrogen) atoms. The molecule has 0 saturated carbocycles. The third-order valence-corrected chi connectivity index (χ3v) is 4.05. The van der Waals surface area contributed by atoms with E-state index in [2.05, 4.69) is 4.72 Å². The molecule has 0 atom stereocenters. The number of sulfonamides is 1. The predicted octanol–water partition coefficient (Wildman–Crippen LogP) is 1.92. The molecule has 0 radical (unpaired) electrons. The molecule has 0 aliphatic heterocycles. The van der Waals surface area contributed by atoms with Crippen molar-refractivity contribution in [3.63, 3.8) is 0 Å². The molecule has 1 aliphatic carbocycles. The maximum absolute atomic E-state index is 11.9. The molecule has 0 bridgehead atoms. The fraction of sp³-hybridized carbons (Fsp3) is 0.500. The number of hydrogen-bond acceptors (Lipinski definition) is 3. The van der Waals surface area contributed by atoms with Gasteiger partial charge in [0, 0.05) is 16.8 Å². The number of allylic oxidation sites excluding steroid dienone is 4. The van der Waals surface area contributed by atoms with Crippen molar-refractivity contribution in [2.45, 2.75) is 32.7 Å². The summed E-state index contributed by atoms with van der Waals surface area (Å²) in [5.41, 5.74) is -0.490.